The lowest BCUT2D eigenvalue weighted by Gasteiger charge is -2.06. The lowest BCUT2D eigenvalue weighted by molar-refractivity contribution is 0.532. The third kappa shape index (κ3) is 3.45. The normalized spacial score (nSPS) is 11.2. The van der Waals surface area contributed by atoms with Gasteiger partial charge in [0.15, 0.2) is 0 Å². The Balaban J connectivity index is 1.46. The fourth-order valence-corrected chi connectivity index (χ4v) is 3.31. The maximum atomic E-state index is 4.48. The standard InChI is InChI=1S/C16H21N5S/c1-12-9-13(2)21(20-12)7-4-6-17-10-14-11-18-19-16(14)15-5-3-8-22-15/h3,5,8-9,11,17H,4,6-7,10H2,1-2H3,(H,18,19). The molecule has 2 N–H and O–H groups in total. The molecule has 0 radical (unpaired) electrons. The zero-order chi connectivity index (χ0) is 15.4. The van der Waals surface area contributed by atoms with Crippen LogP contribution in [0.2, 0.25) is 0 Å². The topological polar surface area (TPSA) is 58.5 Å². The predicted octanol–water partition coefficient (Wildman–Crippen LogP) is 3.13. The Kier molecular flexibility index (Phi) is 4.70. The van der Waals surface area contributed by atoms with Crippen LogP contribution in [0.1, 0.15) is 23.4 Å². The van der Waals surface area contributed by atoms with Crippen molar-refractivity contribution in [3.8, 4) is 10.6 Å². The molecule has 3 heterocycles. The number of aromatic nitrogens is 4. The first-order valence-electron chi connectivity index (χ1n) is 7.52. The summed E-state index contributed by atoms with van der Waals surface area (Å²) in [5.41, 5.74) is 4.66. The Morgan fingerprint density at radius 3 is 3.00 bits per heavy atom. The highest BCUT2D eigenvalue weighted by Crippen LogP contribution is 2.25. The zero-order valence-electron chi connectivity index (χ0n) is 13.0. The molecular weight excluding hydrogens is 294 g/mol. The number of hydrogen-bond acceptors (Lipinski definition) is 4. The van der Waals surface area contributed by atoms with Crippen LogP contribution in [0.3, 0.4) is 0 Å². The highest BCUT2D eigenvalue weighted by molar-refractivity contribution is 7.13. The average Bonchev–Trinajstić information content (AvgIpc) is 3.20. The molecule has 22 heavy (non-hydrogen) atoms. The summed E-state index contributed by atoms with van der Waals surface area (Å²) in [5, 5.41) is 17.3. The maximum Gasteiger partial charge on any atom is 0.0794 e. The minimum Gasteiger partial charge on any atom is -0.312 e. The zero-order valence-corrected chi connectivity index (χ0v) is 13.8. The number of H-pyrrole nitrogens is 1. The first kappa shape index (κ1) is 15.0. The number of aromatic amines is 1. The quantitative estimate of drug-likeness (QED) is 0.659. The van der Waals surface area contributed by atoms with Crippen LogP contribution in [-0.4, -0.2) is 26.5 Å². The molecular formula is C16H21N5S. The van der Waals surface area contributed by atoms with E-state index >= 15 is 0 Å². The highest BCUT2D eigenvalue weighted by Gasteiger charge is 2.08. The number of nitrogens with one attached hydrogen (secondary N) is 2. The molecule has 0 atom stereocenters. The van der Waals surface area contributed by atoms with Crippen LogP contribution in [0.5, 0.6) is 0 Å². The first-order chi connectivity index (χ1) is 10.7. The van der Waals surface area contributed by atoms with Crippen LogP contribution in [0.25, 0.3) is 10.6 Å². The Hall–Kier alpha value is -1.92. The van der Waals surface area contributed by atoms with Gasteiger partial charge in [-0.05, 0) is 44.3 Å². The summed E-state index contributed by atoms with van der Waals surface area (Å²) in [6.07, 6.45) is 2.97. The first-order valence-corrected chi connectivity index (χ1v) is 8.40. The van der Waals surface area contributed by atoms with Crippen LogP contribution in [0, 0.1) is 13.8 Å². The van der Waals surface area contributed by atoms with E-state index in [2.05, 4.69) is 55.8 Å². The summed E-state index contributed by atoms with van der Waals surface area (Å²) in [5.74, 6) is 0. The molecule has 0 saturated heterocycles. The minimum absolute atomic E-state index is 0.834. The van der Waals surface area contributed by atoms with Crippen LogP contribution in [-0.2, 0) is 13.1 Å². The second-order valence-corrected chi connectivity index (χ2v) is 6.38. The molecule has 3 rings (SSSR count). The third-order valence-corrected chi connectivity index (χ3v) is 4.52. The summed E-state index contributed by atoms with van der Waals surface area (Å²) >= 11 is 1.73. The number of thiophene rings is 1. The van der Waals surface area contributed by atoms with Gasteiger partial charge in [0.25, 0.3) is 0 Å². The van der Waals surface area contributed by atoms with Crippen LogP contribution in [0.4, 0.5) is 0 Å². The van der Waals surface area contributed by atoms with E-state index in [9.17, 15) is 0 Å². The number of rotatable bonds is 7. The molecule has 0 aliphatic carbocycles. The molecule has 6 heteroatoms. The van der Waals surface area contributed by atoms with Crippen LogP contribution < -0.4 is 5.32 Å². The Labute approximate surface area is 134 Å². The fourth-order valence-electron chi connectivity index (χ4n) is 2.56. The van der Waals surface area contributed by atoms with Gasteiger partial charge in [-0.15, -0.1) is 11.3 Å². The largest absolute Gasteiger partial charge is 0.312 e. The van der Waals surface area contributed by atoms with Crippen molar-refractivity contribution in [3.05, 3.63) is 46.7 Å². The van der Waals surface area contributed by atoms with Crippen LogP contribution >= 0.6 is 11.3 Å². The molecule has 0 aliphatic heterocycles. The predicted molar refractivity (Wildman–Crippen MR) is 89.9 cm³/mol. The summed E-state index contributed by atoms with van der Waals surface area (Å²) in [7, 11) is 0. The van der Waals surface area contributed by atoms with Gasteiger partial charge in [0, 0.05) is 24.3 Å². The van der Waals surface area contributed by atoms with Gasteiger partial charge in [-0.3, -0.25) is 9.78 Å². The Bertz CT molecular complexity index is 711. The third-order valence-electron chi connectivity index (χ3n) is 3.63. The monoisotopic (exact) mass is 315 g/mol. The molecule has 0 saturated carbocycles. The van der Waals surface area contributed by atoms with E-state index in [1.54, 1.807) is 11.3 Å². The number of hydrogen-bond donors (Lipinski definition) is 2. The molecule has 116 valence electrons. The van der Waals surface area contributed by atoms with E-state index in [4.69, 9.17) is 0 Å². The van der Waals surface area contributed by atoms with E-state index in [1.807, 2.05) is 13.1 Å². The summed E-state index contributed by atoms with van der Waals surface area (Å²) in [6, 6.07) is 6.29. The molecule has 0 fully saturated rings. The van der Waals surface area contributed by atoms with E-state index < -0.39 is 0 Å². The molecule has 0 amide bonds. The van der Waals surface area contributed by atoms with Gasteiger partial charge in [-0.2, -0.15) is 10.2 Å². The number of nitrogens with zero attached hydrogens (tertiary/aromatic N) is 3. The van der Waals surface area contributed by atoms with Crippen molar-refractivity contribution in [2.75, 3.05) is 6.54 Å². The lowest BCUT2D eigenvalue weighted by Crippen LogP contribution is -2.17. The van der Waals surface area contributed by atoms with Gasteiger partial charge in [-0.1, -0.05) is 6.07 Å². The van der Waals surface area contributed by atoms with E-state index in [-0.39, 0.29) is 0 Å². The van der Waals surface area contributed by atoms with Crippen molar-refractivity contribution in [3.63, 3.8) is 0 Å². The van der Waals surface area contributed by atoms with Crippen molar-refractivity contribution >= 4 is 11.3 Å². The van der Waals surface area contributed by atoms with E-state index in [0.29, 0.717) is 0 Å². The SMILES string of the molecule is Cc1cc(C)n(CCCNCc2cn[nH]c2-c2cccs2)n1. The van der Waals surface area contributed by atoms with E-state index in [1.165, 1.54) is 16.1 Å². The molecule has 0 unspecified atom stereocenters. The van der Waals surface area contributed by atoms with Crippen molar-refractivity contribution in [2.45, 2.75) is 33.4 Å². The smallest absolute Gasteiger partial charge is 0.0794 e. The summed E-state index contributed by atoms with van der Waals surface area (Å²) < 4.78 is 2.08. The van der Waals surface area contributed by atoms with Gasteiger partial charge in [0.2, 0.25) is 0 Å². The summed E-state index contributed by atoms with van der Waals surface area (Å²) in [4.78, 5) is 1.23. The van der Waals surface area contributed by atoms with Gasteiger partial charge < -0.3 is 5.32 Å². The second kappa shape index (κ2) is 6.89. The summed E-state index contributed by atoms with van der Waals surface area (Å²) in [6.45, 7) is 6.89. The lowest BCUT2D eigenvalue weighted by atomic mass is 10.2. The molecule has 0 bridgehead atoms. The molecule has 3 aromatic heterocycles. The van der Waals surface area contributed by atoms with Crippen LogP contribution in [0.15, 0.2) is 29.8 Å². The highest BCUT2D eigenvalue weighted by atomic mass is 32.1. The van der Waals surface area contributed by atoms with Crippen molar-refractivity contribution < 1.29 is 0 Å². The maximum absolute atomic E-state index is 4.48. The molecule has 3 aromatic rings. The average molecular weight is 315 g/mol. The molecule has 0 aromatic carbocycles. The fraction of sp³-hybridized carbons (Fsp3) is 0.375. The van der Waals surface area contributed by atoms with Crippen molar-refractivity contribution in [1.82, 2.24) is 25.3 Å². The second-order valence-electron chi connectivity index (χ2n) is 5.43. The number of aryl methyl sites for hydroxylation is 3. The Morgan fingerprint density at radius 1 is 1.36 bits per heavy atom. The van der Waals surface area contributed by atoms with Gasteiger partial charge in [-0.25, -0.2) is 0 Å². The molecule has 5 nitrogen and oxygen atoms in total. The van der Waals surface area contributed by atoms with Crippen molar-refractivity contribution in [2.24, 2.45) is 0 Å². The minimum atomic E-state index is 0.834. The van der Waals surface area contributed by atoms with E-state index in [0.717, 1.165) is 37.4 Å². The Morgan fingerprint density at radius 2 is 2.27 bits per heavy atom. The molecule has 0 aliphatic rings. The van der Waals surface area contributed by atoms with Crippen molar-refractivity contribution in [1.29, 1.82) is 0 Å². The molecule has 0 spiro atoms. The van der Waals surface area contributed by atoms with Gasteiger partial charge in [0.05, 0.1) is 22.5 Å². The van der Waals surface area contributed by atoms with Gasteiger partial charge >= 0.3 is 0 Å². The van der Waals surface area contributed by atoms with Gasteiger partial charge in [0.1, 0.15) is 0 Å².